The molecule has 18 heavy (non-hydrogen) atoms. The lowest BCUT2D eigenvalue weighted by atomic mass is 9.79. The molecule has 6 atom stereocenters. The van der Waals surface area contributed by atoms with E-state index in [4.69, 9.17) is 10.7 Å². The van der Waals surface area contributed by atoms with Gasteiger partial charge in [0.05, 0.1) is 6.61 Å². The number of fused-ring (bicyclic) bond motifs is 1. The fourth-order valence-electron chi connectivity index (χ4n) is 4.57. The van der Waals surface area contributed by atoms with E-state index in [0.29, 0.717) is 10.0 Å². The molecule has 0 spiro atoms. The minimum absolute atomic E-state index is 0.310. The molecule has 0 bridgehead atoms. The Morgan fingerprint density at radius 1 is 1.28 bits per heavy atom. The van der Waals surface area contributed by atoms with Crippen molar-refractivity contribution in [2.24, 2.45) is 35.5 Å². The molecular weight excluding hydrogens is 337 g/mol. The molecule has 1 fully saturated rings. The van der Waals surface area contributed by atoms with Gasteiger partial charge in [0.2, 0.25) is 0 Å². The first kappa shape index (κ1) is 14.8. The van der Waals surface area contributed by atoms with Crippen LogP contribution in [0.5, 0.6) is 0 Å². The highest BCUT2D eigenvalue weighted by atomic mass is 127. The van der Waals surface area contributed by atoms with Gasteiger partial charge in [-0.2, -0.15) is 0 Å². The Kier molecular flexibility index (Phi) is 4.16. The smallest absolute Gasteiger partial charge is 0.0682 e. The summed E-state index contributed by atoms with van der Waals surface area (Å²) in [6.07, 6.45) is 1.10. The molecule has 0 amide bonds. The maximum atomic E-state index is 5.23. The van der Waals surface area contributed by atoms with E-state index in [2.05, 4.69) is 57.2 Å². The number of halogens is 1. The first-order chi connectivity index (χ1) is 8.34. The zero-order valence-electron chi connectivity index (χ0n) is 12.2. The minimum Gasteiger partial charge on any atom is -0.305 e. The van der Waals surface area contributed by atoms with Crippen molar-refractivity contribution in [3.8, 4) is 0 Å². The zero-order valence-corrected chi connectivity index (χ0v) is 14.3. The van der Waals surface area contributed by atoms with Crippen LogP contribution in [0.3, 0.4) is 0 Å². The Morgan fingerprint density at radius 3 is 2.44 bits per heavy atom. The van der Waals surface area contributed by atoms with Crippen molar-refractivity contribution in [2.45, 2.75) is 44.5 Å². The third kappa shape index (κ3) is 1.97. The van der Waals surface area contributed by atoms with Crippen LogP contribution in [-0.2, 0) is 4.84 Å². The summed E-state index contributed by atoms with van der Waals surface area (Å²) in [4.78, 5) is 4.84. The van der Waals surface area contributed by atoms with Crippen molar-refractivity contribution in [3.05, 3.63) is 11.1 Å². The van der Waals surface area contributed by atoms with Crippen LogP contribution in [0.1, 0.15) is 41.0 Å². The largest absolute Gasteiger partial charge is 0.305 e. The van der Waals surface area contributed by atoms with E-state index in [9.17, 15) is 0 Å². The quantitative estimate of drug-likeness (QED) is 0.357. The summed E-state index contributed by atoms with van der Waals surface area (Å²) < 4.78 is 0.310. The lowest BCUT2D eigenvalue weighted by molar-refractivity contribution is 0.106. The summed E-state index contributed by atoms with van der Waals surface area (Å²) in [5.41, 5.74) is 3.25. The molecule has 2 rings (SSSR count). The monoisotopic (exact) mass is 363 g/mol. The molecule has 2 nitrogen and oxygen atoms in total. The SMILES string of the molecule is CC1=C(C)C(C)(I)C2C(CCON)C(C)C(C)C12. The maximum Gasteiger partial charge on any atom is 0.0682 e. The minimum atomic E-state index is 0.310. The Labute approximate surface area is 125 Å². The zero-order chi connectivity index (χ0) is 13.7. The average molecular weight is 363 g/mol. The maximum absolute atomic E-state index is 5.23. The van der Waals surface area contributed by atoms with Crippen molar-refractivity contribution in [2.75, 3.05) is 6.61 Å². The van der Waals surface area contributed by atoms with E-state index in [-0.39, 0.29) is 0 Å². The van der Waals surface area contributed by atoms with Crippen LogP contribution in [0, 0.1) is 29.6 Å². The average Bonchev–Trinajstić information content (AvgIpc) is 2.67. The van der Waals surface area contributed by atoms with Gasteiger partial charge in [0, 0.05) is 3.42 Å². The molecule has 6 unspecified atom stereocenters. The fourth-order valence-corrected chi connectivity index (χ4v) is 5.85. The molecule has 2 N–H and O–H groups in total. The molecular formula is C15H26INO. The van der Waals surface area contributed by atoms with Crippen molar-refractivity contribution in [1.29, 1.82) is 0 Å². The molecule has 0 saturated heterocycles. The van der Waals surface area contributed by atoms with Gasteiger partial charge in [0.1, 0.15) is 0 Å². The predicted octanol–water partition coefficient (Wildman–Crippen LogP) is 3.94. The second-order valence-electron chi connectivity index (χ2n) is 6.48. The first-order valence-electron chi connectivity index (χ1n) is 7.02. The summed E-state index contributed by atoms with van der Waals surface area (Å²) in [6.45, 7) is 12.6. The fraction of sp³-hybridized carbons (Fsp3) is 0.867. The van der Waals surface area contributed by atoms with Crippen LogP contribution in [0.2, 0.25) is 0 Å². The topological polar surface area (TPSA) is 35.2 Å². The van der Waals surface area contributed by atoms with Crippen molar-refractivity contribution in [1.82, 2.24) is 0 Å². The summed E-state index contributed by atoms with van der Waals surface area (Å²) >= 11 is 2.68. The molecule has 2 aliphatic carbocycles. The van der Waals surface area contributed by atoms with Crippen molar-refractivity contribution >= 4 is 22.6 Å². The van der Waals surface area contributed by atoms with Gasteiger partial charge in [-0.15, -0.1) is 0 Å². The van der Waals surface area contributed by atoms with Gasteiger partial charge in [-0.25, -0.2) is 5.90 Å². The van der Waals surface area contributed by atoms with E-state index in [1.807, 2.05) is 0 Å². The van der Waals surface area contributed by atoms with Crippen LogP contribution >= 0.6 is 22.6 Å². The van der Waals surface area contributed by atoms with E-state index in [1.54, 1.807) is 11.1 Å². The molecule has 3 heteroatoms. The van der Waals surface area contributed by atoms with Gasteiger partial charge in [-0.3, -0.25) is 0 Å². The van der Waals surface area contributed by atoms with E-state index in [1.165, 1.54) is 0 Å². The van der Waals surface area contributed by atoms with Gasteiger partial charge in [0.15, 0.2) is 0 Å². The molecule has 2 aliphatic rings. The highest BCUT2D eigenvalue weighted by Crippen LogP contribution is 2.63. The van der Waals surface area contributed by atoms with Gasteiger partial charge in [-0.05, 0) is 56.8 Å². The first-order valence-corrected chi connectivity index (χ1v) is 8.10. The lowest BCUT2D eigenvalue weighted by Gasteiger charge is -2.33. The highest BCUT2D eigenvalue weighted by Gasteiger charge is 2.57. The molecule has 0 aromatic rings. The number of hydrogen-bond acceptors (Lipinski definition) is 2. The van der Waals surface area contributed by atoms with Crippen LogP contribution in [0.4, 0.5) is 0 Å². The second kappa shape index (κ2) is 5.06. The highest BCUT2D eigenvalue weighted by molar-refractivity contribution is 14.1. The third-order valence-corrected chi connectivity index (χ3v) is 7.47. The van der Waals surface area contributed by atoms with Crippen LogP contribution < -0.4 is 5.90 Å². The Hall–Kier alpha value is 0.390. The van der Waals surface area contributed by atoms with Crippen molar-refractivity contribution < 1.29 is 4.84 Å². The number of alkyl halides is 1. The van der Waals surface area contributed by atoms with Crippen LogP contribution in [-0.4, -0.2) is 10.0 Å². The number of allylic oxidation sites excluding steroid dienone is 2. The van der Waals surface area contributed by atoms with Crippen LogP contribution in [0.25, 0.3) is 0 Å². The molecule has 0 radical (unpaired) electrons. The standard InChI is InChI=1S/C15H26INO/c1-8-9(2)13-10(3)11(4)15(5,16)14(13)12(8)6-7-18-17/h8-9,12-14H,6-7,17H2,1-5H3. The Balaban J connectivity index is 2.33. The third-order valence-electron chi connectivity index (χ3n) is 5.94. The number of nitrogens with two attached hydrogens (primary N) is 1. The predicted molar refractivity (Wildman–Crippen MR) is 84.4 cm³/mol. The number of rotatable bonds is 3. The summed E-state index contributed by atoms with van der Waals surface area (Å²) in [7, 11) is 0. The lowest BCUT2D eigenvalue weighted by Crippen LogP contribution is -2.32. The molecule has 0 aromatic carbocycles. The number of hydrogen-bond donors (Lipinski definition) is 1. The van der Waals surface area contributed by atoms with Gasteiger partial charge in [0.25, 0.3) is 0 Å². The molecule has 0 aliphatic heterocycles. The van der Waals surface area contributed by atoms with Gasteiger partial charge >= 0.3 is 0 Å². The van der Waals surface area contributed by atoms with Crippen molar-refractivity contribution in [3.63, 3.8) is 0 Å². The normalized spacial score (nSPS) is 47.8. The van der Waals surface area contributed by atoms with E-state index >= 15 is 0 Å². The van der Waals surface area contributed by atoms with E-state index < -0.39 is 0 Å². The summed E-state index contributed by atoms with van der Waals surface area (Å²) in [5, 5.41) is 0. The van der Waals surface area contributed by atoms with E-state index in [0.717, 1.165) is 36.0 Å². The second-order valence-corrected chi connectivity index (χ2v) is 8.72. The molecule has 104 valence electrons. The van der Waals surface area contributed by atoms with Gasteiger partial charge in [-0.1, -0.05) is 47.6 Å². The van der Waals surface area contributed by atoms with Gasteiger partial charge < -0.3 is 4.84 Å². The molecule has 1 saturated carbocycles. The Bertz CT molecular complexity index is 364. The van der Waals surface area contributed by atoms with Crippen LogP contribution in [0.15, 0.2) is 11.1 Å². The Morgan fingerprint density at radius 2 is 1.89 bits per heavy atom. The molecule has 0 heterocycles. The molecule has 0 aromatic heterocycles. The summed E-state index contributed by atoms with van der Waals surface area (Å²) in [6, 6.07) is 0. The summed E-state index contributed by atoms with van der Waals surface area (Å²) in [5.74, 6) is 9.06.